The molecule has 0 spiro atoms. The van der Waals surface area contributed by atoms with Crippen LogP contribution >= 0.6 is 0 Å². The maximum absolute atomic E-state index is 10.6. The summed E-state index contributed by atoms with van der Waals surface area (Å²) >= 11 is 0. The van der Waals surface area contributed by atoms with Crippen molar-refractivity contribution in [1.82, 2.24) is 0 Å². The fraction of sp³-hybridized carbons (Fsp3) is 0.111. The first-order valence-electron chi connectivity index (χ1n) is 3.60. The molecule has 0 saturated carbocycles. The molecule has 1 rings (SSSR count). The van der Waals surface area contributed by atoms with Crippen molar-refractivity contribution in [2.75, 3.05) is 0 Å². The summed E-state index contributed by atoms with van der Waals surface area (Å²) in [6, 6.07) is 4.27. The molecule has 0 aromatic heterocycles. The summed E-state index contributed by atoms with van der Waals surface area (Å²) in [7, 11) is 0. The summed E-state index contributed by atoms with van der Waals surface area (Å²) in [5.41, 5.74) is -0.0160. The molecule has 0 atom stereocenters. The van der Waals surface area contributed by atoms with Gasteiger partial charge in [0, 0.05) is 6.92 Å². The number of benzene rings is 1. The van der Waals surface area contributed by atoms with Crippen molar-refractivity contribution in [3.05, 3.63) is 23.8 Å². The molecule has 4 nitrogen and oxygen atoms in total. The monoisotopic (exact) mass is 180 g/mol. The molecule has 68 valence electrons. The minimum absolute atomic E-state index is 0.0160. The Kier molecular flexibility index (Phi) is 2.64. The molecule has 0 amide bonds. The van der Waals surface area contributed by atoms with Crippen molar-refractivity contribution in [3.63, 3.8) is 0 Å². The van der Waals surface area contributed by atoms with Crippen LogP contribution in [0.3, 0.4) is 0 Å². The van der Waals surface area contributed by atoms with Crippen molar-refractivity contribution >= 4 is 12.3 Å². The van der Waals surface area contributed by atoms with Crippen LogP contribution in [0.1, 0.15) is 17.3 Å². The van der Waals surface area contributed by atoms with Crippen molar-refractivity contribution in [3.8, 4) is 11.5 Å². The highest BCUT2D eigenvalue weighted by molar-refractivity contribution is 5.85. The third-order valence-electron chi connectivity index (χ3n) is 1.41. The number of carbonyl (C=O) groups excluding carboxylic acids is 2. The van der Waals surface area contributed by atoms with E-state index in [4.69, 9.17) is 0 Å². The second kappa shape index (κ2) is 3.71. The van der Waals surface area contributed by atoms with E-state index in [9.17, 15) is 14.7 Å². The van der Waals surface area contributed by atoms with Gasteiger partial charge in [0.1, 0.15) is 11.5 Å². The van der Waals surface area contributed by atoms with Gasteiger partial charge in [0.15, 0.2) is 6.29 Å². The second-order valence-corrected chi connectivity index (χ2v) is 2.40. The lowest BCUT2D eigenvalue weighted by Crippen LogP contribution is -2.03. The van der Waals surface area contributed by atoms with E-state index in [1.807, 2.05) is 0 Å². The summed E-state index contributed by atoms with van der Waals surface area (Å²) in [5, 5.41) is 9.18. The Morgan fingerprint density at radius 3 is 2.77 bits per heavy atom. The van der Waals surface area contributed by atoms with Crippen LogP contribution in [0.25, 0.3) is 0 Å². The highest BCUT2D eigenvalue weighted by Crippen LogP contribution is 2.25. The van der Waals surface area contributed by atoms with Crippen LogP contribution in [0, 0.1) is 0 Å². The van der Waals surface area contributed by atoms with Crippen LogP contribution < -0.4 is 4.74 Å². The van der Waals surface area contributed by atoms with Crippen molar-refractivity contribution in [1.29, 1.82) is 0 Å². The summed E-state index contributed by atoms with van der Waals surface area (Å²) < 4.78 is 4.69. The van der Waals surface area contributed by atoms with E-state index >= 15 is 0 Å². The summed E-state index contributed by atoms with van der Waals surface area (Å²) in [5.74, 6) is -0.662. The Hall–Kier alpha value is -1.84. The molecule has 0 aliphatic heterocycles. The first-order chi connectivity index (χ1) is 6.15. The number of phenols is 1. The molecule has 1 aromatic rings. The van der Waals surface area contributed by atoms with E-state index < -0.39 is 5.97 Å². The molecular weight excluding hydrogens is 172 g/mol. The van der Waals surface area contributed by atoms with Crippen molar-refractivity contribution in [2.45, 2.75) is 6.92 Å². The van der Waals surface area contributed by atoms with Gasteiger partial charge in [-0.2, -0.15) is 0 Å². The number of carbonyl (C=O) groups is 2. The maximum atomic E-state index is 10.6. The summed E-state index contributed by atoms with van der Waals surface area (Å²) in [6.07, 6.45) is 0.438. The molecule has 0 bridgehead atoms. The van der Waals surface area contributed by atoms with Gasteiger partial charge in [-0.05, 0) is 12.1 Å². The van der Waals surface area contributed by atoms with E-state index in [-0.39, 0.29) is 17.1 Å². The Morgan fingerprint density at radius 1 is 1.54 bits per heavy atom. The van der Waals surface area contributed by atoms with E-state index in [2.05, 4.69) is 4.74 Å². The Labute approximate surface area is 74.8 Å². The lowest BCUT2D eigenvalue weighted by Gasteiger charge is -2.04. The van der Waals surface area contributed by atoms with Crippen LogP contribution in [-0.4, -0.2) is 17.4 Å². The zero-order valence-corrected chi connectivity index (χ0v) is 6.98. The van der Waals surface area contributed by atoms with Crippen LogP contribution in [-0.2, 0) is 4.79 Å². The predicted molar refractivity (Wildman–Crippen MR) is 44.8 cm³/mol. The first-order valence-corrected chi connectivity index (χ1v) is 3.60. The number of esters is 1. The summed E-state index contributed by atoms with van der Waals surface area (Å²) in [4.78, 5) is 21.1. The normalized spacial score (nSPS) is 9.31. The molecule has 0 unspecified atom stereocenters. The number of hydrogen-bond donors (Lipinski definition) is 1. The molecule has 0 heterocycles. The molecular formula is C9H8O4. The zero-order valence-electron chi connectivity index (χ0n) is 6.98. The van der Waals surface area contributed by atoms with Crippen molar-refractivity contribution in [2.24, 2.45) is 0 Å². The number of aldehydes is 1. The minimum atomic E-state index is -0.534. The van der Waals surface area contributed by atoms with Gasteiger partial charge in [0.05, 0.1) is 5.56 Å². The fourth-order valence-electron chi connectivity index (χ4n) is 0.895. The van der Waals surface area contributed by atoms with Crippen molar-refractivity contribution < 1.29 is 19.4 Å². The fourth-order valence-corrected chi connectivity index (χ4v) is 0.895. The van der Waals surface area contributed by atoms with Crippen LogP contribution in [0.4, 0.5) is 0 Å². The highest BCUT2D eigenvalue weighted by atomic mass is 16.5. The quantitative estimate of drug-likeness (QED) is 0.421. The molecule has 0 radical (unpaired) electrons. The van der Waals surface area contributed by atoms with Gasteiger partial charge in [0.2, 0.25) is 0 Å². The van der Waals surface area contributed by atoms with E-state index in [0.29, 0.717) is 6.29 Å². The molecule has 4 heteroatoms. The van der Waals surface area contributed by atoms with Gasteiger partial charge in [0.25, 0.3) is 0 Å². The number of phenolic OH excluding ortho intramolecular Hbond substituents is 1. The Morgan fingerprint density at radius 2 is 2.23 bits per heavy atom. The van der Waals surface area contributed by atoms with Gasteiger partial charge in [-0.1, -0.05) is 6.07 Å². The topological polar surface area (TPSA) is 63.6 Å². The minimum Gasteiger partial charge on any atom is -0.507 e. The lowest BCUT2D eigenvalue weighted by molar-refractivity contribution is -0.131. The third kappa shape index (κ3) is 2.05. The third-order valence-corrected chi connectivity index (χ3v) is 1.41. The van der Waals surface area contributed by atoms with Gasteiger partial charge in [-0.3, -0.25) is 9.59 Å². The Balaban J connectivity index is 3.12. The average Bonchev–Trinajstić information content (AvgIpc) is 2.03. The molecule has 0 saturated heterocycles. The number of ether oxygens (including phenoxy) is 1. The van der Waals surface area contributed by atoms with Crippen LogP contribution in [0.5, 0.6) is 11.5 Å². The number of rotatable bonds is 2. The van der Waals surface area contributed by atoms with Crippen LogP contribution in [0.15, 0.2) is 18.2 Å². The van der Waals surface area contributed by atoms with Gasteiger partial charge in [-0.15, -0.1) is 0 Å². The zero-order chi connectivity index (χ0) is 9.84. The highest BCUT2D eigenvalue weighted by Gasteiger charge is 2.08. The average molecular weight is 180 g/mol. The largest absolute Gasteiger partial charge is 0.507 e. The molecule has 0 aliphatic rings. The second-order valence-electron chi connectivity index (χ2n) is 2.40. The molecule has 1 aromatic carbocycles. The van der Waals surface area contributed by atoms with E-state index in [0.717, 1.165) is 0 Å². The molecule has 0 fully saturated rings. The van der Waals surface area contributed by atoms with E-state index in [1.165, 1.54) is 25.1 Å². The number of aromatic hydroxyl groups is 1. The molecule has 0 aliphatic carbocycles. The first kappa shape index (κ1) is 9.25. The van der Waals surface area contributed by atoms with Crippen LogP contribution in [0.2, 0.25) is 0 Å². The predicted octanol–water partition coefficient (Wildman–Crippen LogP) is 1.13. The summed E-state index contributed by atoms with van der Waals surface area (Å²) in [6.45, 7) is 1.22. The standard InChI is InChI=1S/C9H8O4/c1-6(11)13-9-4-2-3-8(12)7(9)5-10/h2-5,12H,1H3. The lowest BCUT2D eigenvalue weighted by atomic mass is 10.2. The van der Waals surface area contributed by atoms with Gasteiger partial charge in [-0.25, -0.2) is 0 Å². The smallest absolute Gasteiger partial charge is 0.308 e. The molecule has 13 heavy (non-hydrogen) atoms. The van der Waals surface area contributed by atoms with Gasteiger partial charge >= 0.3 is 5.97 Å². The maximum Gasteiger partial charge on any atom is 0.308 e. The Bertz CT molecular complexity index is 343. The van der Waals surface area contributed by atoms with E-state index in [1.54, 1.807) is 0 Å². The molecule has 1 N–H and O–H groups in total. The SMILES string of the molecule is CC(=O)Oc1cccc(O)c1C=O. The number of hydrogen-bond acceptors (Lipinski definition) is 4. The van der Waals surface area contributed by atoms with Gasteiger partial charge < -0.3 is 9.84 Å².